The van der Waals surface area contributed by atoms with Crippen molar-refractivity contribution in [2.45, 2.75) is 6.92 Å². The van der Waals surface area contributed by atoms with Crippen molar-refractivity contribution in [3.63, 3.8) is 0 Å². The maximum absolute atomic E-state index is 11.1. The van der Waals surface area contributed by atoms with Gasteiger partial charge in [0.1, 0.15) is 5.03 Å². The van der Waals surface area contributed by atoms with Crippen molar-refractivity contribution in [1.29, 1.82) is 0 Å². The van der Waals surface area contributed by atoms with Crippen LogP contribution in [0.3, 0.4) is 0 Å². The number of rotatable bonds is 5. The molecule has 0 bridgehead atoms. The summed E-state index contributed by atoms with van der Waals surface area (Å²) in [7, 11) is 0. The van der Waals surface area contributed by atoms with Crippen molar-refractivity contribution in [3.05, 3.63) is 51.2 Å². The summed E-state index contributed by atoms with van der Waals surface area (Å²) in [5.41, 5.74) is 1.32. The van der Waals surface area contributed by atoms with Crippen molar-refractivity contribution in [2.24, 2.45) is 0 Å². The van der Waals surface area contributed by atoms with Crippen LogP contribution in [0.4, 0.5) is 5.69 Å². The molecule has 0 saturated heterocycles. The number of carbonyl (C=O) groups excluding carboxylic acids is 1. The molecule has 0 atom stereocenters. The van der Waals surface area contributed by atoms with Gasteiger partial charge in [-0.15, -0.1) is 11.8 Å². The van der Waals surface area contributed by atoms with Crippen LogP contribution in [0.15, 0.2) is 35.5 Å². The Morgan fingerprint density at radius 3 is 2.41 bits per heavy atom. The van der Waals surface area contributed by atoms with Crippen LogP contribution < -0.4 is 5.32 Å². The minimum Gasteiger partial charge on any atom is -0.345 e. The fourth-order valence-electron chi connectivity index (χ4n) is 1.16. The molecule has 1 aromatic carbocycles. The molecule has 0 amide bonds. The van der Waals surface area contributed by atoms with Gasteiger partial charge in [0.15, 0.2) is 5.78 Å². The van der Waals surface area contributed by atoms with Crippen molar-refractivity contribution in [1.82, 2.24) is 0 Å². The van der Waals surface area contributed by atoms with Gasteiger partial charge in [-0.05, 0) is 37.4 Å². The molecule has 0 aliphatic heterocycles. The van der Waals surface area contributed by atoms with Gasteiger partial charge in [-0.25, -0.2) is 0 Å². The Balaban J connectivity index is 2.81. The van der Waals surface area contributed by atoms with E-state index in [2.05, 4.69) is 5.32 Å². The molecule has 1 aromatic rings. The number of anilines is 1. The molecule has 5 nitrogen and oxygen atoms in total. The lowest BCUT2D eigenvalue weighted by Gasteiger charge is -2.06. The molecule has 0 aromatic heterocycles. The zero-order chi connectivity index (χ0) is 12.8. The third kappa shape index (κ3) is 4.28. The van der Waals surface area contributed by atoms with Crippen LogP contribution in [-0.4, -0.2) is 17.0 Å². The van der Waals surface area contributed by atoms with Crippen molar-refractivity contribution >= 4 is 23.2 Å². The molecule has 0 fully saturated rings. The maximum Gasteiger partial charge on any atom is 0.264 e. The summed E-state index contributed by atoms with van der Waals surface area (Å²) in [5.74, 6) is -0.0116. The van der Waals surface area contributed by atoms with Crippen LogP contribution in [-0.2, 0) is 0 Å². The lowest BCUT2D eigenvalue weighted by atomic mass is 10.1. The summed E-state index contributed by atoms with van der Waals surface area (Å²) < 4.78 is 0. The van der Waals surface area contributed by atoms with Gasteiger partial charge in [0.2, 0.25) is 0 Å². The maximum atomic E-state index is 11.1. The summed E-state index contributed by atoms with van der Waals surface area (Å²) >= 11 is 1.24. The SMILES string of the molecule is CS/C(=C\[N+](=O)[O-])Nc1ccc(C(C)=O)cc1. The highest BCUT2D eigenvalue weighted by atomic mass is 32.2. The second kappa shape index (κ2) is 6.05. The molecule has 1 rings (SSSR count). The fourth-order valence-corrected chi connectivity index (χ4v) is 1.57. The third-order valence-electron chi connectivity index (χ3n) is 2.00. The number of hydrogen-bond acceptors (Lipinski definition) is 5. The number of benzene rings is 1. The van der Waals surface area contributed by atoms with Gasteiger partial charge in [0.25, 0.3) is 6.20 Å². The number of nitro groups is 1. The highest BCUT2D eigenvalue weighted by Crippen LogP contribution is 2.17. The van der Waals surface area contributed by atoms with Gasteiger partial charge >= 0.3 is 0 Å². The summed E-state index contributed by atoms with van der Waals surface area (Å²) in [5, 5.41) is 13.7. The molecule has 0 unspecified atom stereocenters. The summed E-state index contributed by atoms with van der Waals surface area (Å²) in [6, 6.07) is 6.77. The number of nitrogens with zero attached hydrogens (tertiary/aromatic N) is 1. The quantitative estimate of drug-likeness (QED) is 0.495. The first-order chi connectivity index (χ1) is 8.02. The van der Waals surface area contributed by atoms with E-state index in [0.717, 1.165) is 6.20 Å². The molecular weight excluding hydrogens is 240 g/mol. The highest BCUT2D eigenvalue weighted by molar-refractivity contribution is 8.02. The van der Waals surface area contributed by atoms with Crippen LogP contribution in [0.25, 0.3) is 0 Å². The van der Waals surface area contributed by atoms with E-state index in [4.69, 9.17) is 0 Å². The summed E-state index contributed by atoms with van der Waals surface area (Å²) in [6.07, 6.45) is 2.65. The molecule has 0 heterocycles. The Labute approximate surface area is 103 Å². The predicted molar refractivity (Wildman–Crippen MR) is 68.7 cm³/mol. The Hall–Kier alpha value is -1.82. The number of nitrogens with one attached hydrogen (secondary N) is 1. The molecule has 0 saturated carbocycles. The molecule has 1 N–H and O–H groups in total. The van der Waals surface area contributed by atoms with Crippen LogP contribution in [0.2, 0.25) is 0 Å². The van der Waals surface area contributed by atoms with Gasteiger partial charge in [-0.3, -0.25) is 14.9 Å². The Kier molecular flexibility index (Phi) is 4.71. The minimum atomic E-state index is -0.511. The van der Waals surface area contributed by atoms with Gasteiger partial charge in [-0.2, -0.15) is 0 Å². The molecule has 90 valence electrons. The average Bonchev–Trinajstić information content (AvgIpc) is 2.28. The first kappa shape index (κ1) is 13.2. The van der Waals surface area contributed by atoms with E-state index < -0.39 is 4.92 Å². The van der Waals surface area contributed by atoms with E-state index in [-0.39, 0.29) is 5.78 Å². The molecule has 0 aliphatic carbocycles. The normalized spacial score (nSPS) is 11.1. The number of Topliss-reactive ketones (excluding diaryl/α,β-unsaturated/α-hetero) is 1. The second-order valence-electron chi connectivity index (χ2n) is 3.24. The van der Waals surface area contributed by atoms with E-state index in [9.17, 15) is 14.9 Å². The second-order valence-corrected chi connectivity index (χ2v) is 4.09. The topological polar surface area (TPSA) is 72.2 Å². The summed E-state index contributed by atoms with van der Waals surface area (Å²) in [4.78, 5) is 20.9. The standard InChI is InChI=1S/C11H12N2O3S/c1-8(14)9-3-5-10(6-4-9)12-11(17-2)7-13(15)16/h3-7,12H,1-2H3/b11-7-. The van der Waals surface area contributed by atoms with Crippen LogP contribution in [0, 0.1) is 10.1 Å². The first-order valence-electron chi connectivity index (χ1n) is 4.80. The van der Waals surface area contributed by atoms with Gasteiger partial charge < -0.3 is 5.32 Å². The third-order valence-corrected chi connectivity index (χ3v) is 2.65. The van der Waals surface area contributed by atoms with Gasteiger partial charge in [-0.1, -0.05) is 0 Å². The average molecular weight is 252 g/mol. The number of hydrogen-bond donors (Lipinski definition) is 1. The van der Waals surface area contributed by atoms with Crippen LogP contribution in [0.5, 0.6) is 0 Å². The lowest BCUT2D eigenvalue weighted by molar-refractivity contribution is -0.402. The molecule has 0 aliphatic rings. The molecular formula is C11H12N2O3S. The molecule has 17 heavy (non-hydrogen) atoms. The highest BCUT2D eigenvalue weighted by Gasteiger charge is 2.03. The van der Waals surface area contributed by atoms with Gasteiger partial charge in [0, 0.05) is 11.3 Å². The monoisotopic (exact) mass is 252 g/mol. The van der Waals surface area contributed by atoms with E-state index >= 15 is 0 Å². The fraction of sp³-hybridized carbons (Fsp3) is 0.182. The van der Waals surface area contributed by atoms with E-state index in [0.29, 0.717) is 16.3 Å². The largest absolute Gasteiger partial charge is 0.345 e. The van der Waals surface area contributed by atoms with E-state index in [1.807, 2.05) is 0 Å². The molecule has 0 spiro atoms. The predicted octanol–water partition coefficient (Wildman–Crippen LogP) is 2.74. The number of thioether (sulfide) groups is 1. The zero-order valence-electron chi connectivity index (χ0n) is 9.47. The first-order valence-corrected chi connectivity index (χ1v) is 6.02. The number of ketones is 1. The van der Waals surface area contributed by atoms with E-state index in [1.54, 1.807) is 30.5 Å². The zero-order valence-corrected chi connectivity index (χ0v) is 10.3. The Morgan fingerprint density at radius 1 is 1.41 bits per heavy atom. The van der Waals surface area contributed by atoms with Gasteiger partial charge in [0.05, 0.1) is 4.92 Å². The van der Waals surface area contributed by atoms with E-state index in [1.165, 1.54) is 18.7 Å². The smallest absolute Gasteiger partial charge is 0.264 e. The minimum absolute atomic E-state index is 0.0116. The van der Waals surface area contributed by atoms with Crippen molar-refractivity contribution < 1.29 is 9.72 Å². The van der Waals surface area contributed by atoms with Crippen molar-refractivity contribution in [2.75, 3.05) is 11.6 Å². The van der Waals surface area contributed by atoms with Crippen LogP contribution in [0.1, 0.15) is 17.3 Å². The summed E-state index contributed by atoms with van der Waals surface area (Å²) in [6.45, 7) is 1.49. The Bertz CT molecular complexity index is 454. The number of carbonyl (C=O) groups is 1. The Morgan fingerprint density at radius 2 is 2.00 bits per heavy atom. The molecule has 6 heteroatoms. The lowest BCUT2D eigenvalue weighted by Crippen LogP contribution is -1.99. The molecule has 0 radical (unpaired) electrons. The van der Waals surface area contributed by atoms with Crippen molar-refractivity contribution in [3.8, 4) is 0 Å². The van der Waals surface area contributed by atoms with Crippen LogP contribution >= 0.6 is 11.8 Å².